The van der Waals surface area contributed by atoms with Crippen molar-refractivity contribution in [3.8, 4) is 0 Å². The van der Waals surface area contributed by atoms with E-state index in [1.54, 1.807) is 4.90 Å². The number of carbonyl (C=O) groups excluding carboxylic acids is 1. The van der Waals surface area contributed by atoms with Gasteiger partial charge in [-0.3, -0.25) is 0 Å². The van der Waals surface area contributed by atoms with E-state index in [1.165, 1.54) is 0 Å². The van der Waals surface area contributed by atoms with Gasteiger partial charge in [0.25, 0.3) is 0 Å². The molecule has 1 amide bonds. The minimum absolute atomic E-state index is 0.0224. The second-order valence-electron chi connectivity index (χ2n) is 9.64. The fraction of sp³-hybridized carbons (Fsp3) is 0.947. The van der Waals surface area contributed by atoms with Crippen molar-refractivity contribution in [1.82, 2.24) is 4.90 Å². The van der Waals surface area contributed by atoms with Crippen molar-refractivity contribution in [3.63, 3.8) is 0 Å². The number of piperidine rings is 1. The summed E-state index contributed by atoms with van der Waals surface area (Å²) in [6, 6.07) is 0. The van der Waals surface area contributed by atoms with E-state index in [0.29, 0.717) is 19.7 Å². The predicted molar refractivity (Wildman–Crippen MR) is 96.0 cm³/mol. The molecule has 1 aliphatic rings. The van der Waals surface area contributed by atoms with Crippen LogP contribution in [0.15, 0.2) is 0 Å². The zero-order valence-corrected chi connectivity index (χ0v) is 16.6. The molecule has 0 radical (unpaired) electrons. The molecule has 1 aliphatic heterocycles. The maximum atomic E-state index is 12.1. The number of ether oxygens (including phenoxy) is 2. The van der Waals surface area contributed by atoms with E-state index < -0.39 is 5.60 Å². The molecule has 1 rings (SSSR count). The smallest absolute Gasteiger partial charge is 0.410 e. The summed E-state index contributed by atoms with van der Waals surface area (Å²) in [6.45, 7) is 16.4. The Morgan fingerprint density at radius 1 is 1.04 bits per heavy atom. The maximum absolute atomic E-state index is 12.1. The first-order valence-corrected chi connectivity index (χ1v) is 9.04. The fourth-order valence-corrected chi connectivity index (χ4v) is 3.28. The molecular formula is C19H37NO4. The lowest BCUT2D eigenvalue weighted by Crippen LogP contribution is -2.44. The lowest BCUT2D eigenvalue weighted by molar-refractivity contribution is -0.0458. The van der Waals surface area contributed by atoms with Crippen molar-refractivity contribution in [2.75, 3.05) is 26.3 Å². The molecule has 1 heterocycles. The molecule has 5 nitrogen and oxygen atoms in total. The van der Waals surface area contributed by atoms with Crippen LogP contribution in [0.4, 0.5) is 4.79 Å². The van der Waals surface area contributed by atoms with Crippen molar-refractivity contribution in [2.45, 2.75) is 79.4 Å². The Hall–Kier alpha value is -0.810. The number of hydrogen-bond acceptors (Lipinski definition) is 4. The number of amides is 1. The van der Waals surface area contributed by atoms with Gasteiger partial charge < -0.3 is 19.5 Å². The normalized spacial score (nSPS) is 17.9. The molecule has 0 atom stereocenters. The third-order valence-electron chi connectivity index (χ3n) is 4.19. The standard InChI is InChI=1S/C19H37NO4/c1-17(2,3)24-16(22)20-10-8-15(9-11-20)23-14-19(6,7)12-18(4,5)13-21/h15,21H,8-14H2,1-7H3. The molecule has 0 aromatic heterocycles. The Kier molecular flexibility index (Phi) is 7.12. The third kappa shape index (κ3) is 7.84. The van der Waals surface area contributed by atoms with Crippen LogP contribution >= 0.6 is 0 Å². The van der Waals surface area contributed by atoms with Gasteiger partial charge >= 0.3 is 6.09 Å². The molecule has 1 N–H and O–H groups in total. The summed E-state index contributed by atoms with van der Waals surface area (Å²) in [7, 11) is 0. The van der Waals surface area contributed by atoms with E-state index in [4.69, 9.17) is 9.47 Å². The van der Waals surface area contributed by atoms with E-state index in [2.05, 4.69) is 27.7 Å². The van der Waals surface area contributed by atoms with Crippen LogP contribution in [0.2, 0.25) is 0 Å². The summed E-state index contributed by atoms with van der Waals surface area (Å²) in [4.78, 5) is 13.8. The molecule has 0 aromatic rings. The summed E-state index contributed by atoms with van der Waals surface area (Å²) in [5, 5.41) is 9.45. The van der Waals surface area contributed by atoms with Crippen LogP contribution in [0.3, 0.4) is 0 Å². The molecule has 1 fully saturated rings. The summed E-state index contributed by atoms with van der Waals surface area (Å²) >= 11 is 0. The van der Waals surface area contributed by atoms with Gasteiger partial charge in [-0.05, 0) is 50.9 Å². The highest BCUT2D eigenvalue weighted by Gasteiger charge is 2.31. The lowest BCUT2D eigenvalue weighted by atomic mass is 9.76. The topological polar surface area (TPSA) is 59.0 Å². The minimum Gasteiger partial charge on any atom is -0.444 e. The Morgan fingerprint density at radius 2 is 1.58 bits per heavy atom. The zero-order valence-electron chi connectivity index (χ0n) is 16.6. The average molecular weight is 344 g/mol. The van der Waals surface area contributed by atoms with E-state index >= 15 is 0 Å². The van der Waals surface area contributed by atoms with Gasteiger partial charge in [0.2, 0.25) is 0 Å². The summed E-state index contributed by atoms with van der Waals surface area (Å²) < 4.78 is 11.5. The van der Waals surface area contributed by atoms with Crippen LogP contribution in [-0.2, 0) is 9.47 Å². The number of rotatable bonds is 6. The first-order chi connectivity index (χ1) is 10.8. The minimum atomic E-state index is -0.450. The van der Waals surface area contributed by atoms with E-state index in [9.17, 15) is 9.90 Å². The molecular weight excluding hydrogens is 306 g/mol. The van der Waals surface area contributed by atoms with Crippen LogP contribution in [0.25, 0.3) is 0 Å². The van der Waals surface area contributed by atoms with Gasteiger partial charge in [-0.25, -0.2) is 4.79 Å². The second kappa shape index (κ2) is 8.05. The highest BCUT2D eigenvalue weighted by molar-refractivity contribution is 5.68. The summed E-state index contributed by atoms with van der Waals surface area (Å²) in [6.07, 6.45) is 2.57. The van der Waals surface area contributed by atoms with E-state index in [0.717, 1.165) is 19.3 Å². The summed E-state index contributed by atoms with van der Waals surface area (Å²) in [5.74, 6) is 0. The number of hydrogen-bond donors (Lipinski definition) is 1. The van der Waals surface area contributed by atoms with Crippen LogP contribution in [0.5, 0.6) is 0 Å². The van der Waals surface area contributed by atoms with Gasteiger partial charge in [0.15, 0.2) is 0 Å². The Labute approximate surface area is 147 Å². The average Bonchev–Trinajstić information content (AvgIpc) is 2.43. The number of carbonyl (C=O) groups is 1. The highest BCUT2D eigenvalue weighted by atomic mass is 16.6. The molecule has 142 valence electrons. The monoisotopic (exact) mass is 343 g/mol. The fourth-order valence-electron chi connectivity index (χ4n) is 3.28. The van der Waals surface area contributed by atoms with Crippen molar-refractivity contribution < 1.29 is 19.4 Å². The molecule has 5 heteroatoms. The van der Waals surface area contributed by atoms with E-state index in [-0.39, 0.29) is 29.6 Å². The van der Waals surface area contributed by atoms with Gasteiger partial charge in [-0.1, -0.05) is 27.7 Å². The van der Waals surface area contributed by atoms with Gasteiger partial charge in [0.05, 0.1) is 12.7 Å². The third-order valence-corrected chi connectivity index (χ3v) is 4.19. The number of likely N-dealkylation sites (tertiary alicyclic amines) is 1. The Morgan fingerprint density at radius 3 is 2.04 bits per heavy atom. The number of aliphatic hydroxyl groups excluding tert-OH is 1. The molecule has 0 aliphatic carbocycles. The number of aliphatic hydroxyl groups is 1. The van der Waals surface area contributed by atoms with Crippen molar-refractivity contribution in [1.29, 1.82) is 0 Å². The van der Waals surface area contributed by atoms with Crippen LogP contribution < -0.4 is 0 Å². The van der Waals surface area contributed by atoms with Gasteiger partial charge in [0.1, 0.15) is 5.60 Å². The molecule has 0 saturated carbocycles. The van der Waals surface area contributed by atoms with Gasteiger partial charge in [-0.15, -0.1) is 0 Å². The largest absolute Gasteiger partial charge is 0.444 e. The van der Waals surface area contributed by atoms with Crippen LogP contribution in [0.1, 0.15) is 67.7 Å². The van der Waals surface area contributed by atoms with Crippen molar-refractivity contribution >= 4 is 6.09 Å². The first-order valence-electron chi connectivity index (χ1n) is 9.04. The predicted octanol–water partition coefficient (Wildman–Crippen LogP) is 3.84. The maximum Gasteiger partial charge on any atom is 0.410 e. The molecule has 0 spiro atoms. The Bertz CT molecular complexity index is 404. The number of nitrogens with zero attached hydrogens (tertiary/aromatic N) is 1. The van der Waals surface area contributed by atoms with Crippen molar-refractivity contribution in [3.05, 3.63) is 0 Å². The quantitative estimate of drug-likeness (QED) is 0.796. The molecule has 1 saturated heterocycles. The Balaban J connectivity index is 2.37. The van der Waals surface area contributed by atoms with Crippen molar-refractivity contribution in [2.24, 2.45) is 10.8 Å². The van der Waals surface area contributed by atoms with Crippen LogP contribution in [-0.4, -0.2) is 54.1 Å². The van der Waals surface area contributed by atoms with Gasteiger partial charge in [0, 0.05) is 19.7 Å². The SMILES string of the molecule is CC(C)(CO)CC(C)(C)COC1CCN(C(=O)OC(C)(C)C)CC1. The van der Waals surface area contributed by atoms with E-state index in [1.807, 2.05) is 20.8 Å². The van der Waals surface area contributed by atoms with Crippen LogP contribution in [0, 0.1) is 10.8 Å². The second-order valence-corrected chi connectivity index (χ2v) is 9.64. The lowest BCUT2D eigenvalue weighted by Gasteiger charge is -2.37. The zero-order chi connectivity index (χ0) is 18.6. The summed E-state index contributed by atoms with van der Waals surface area (Å²) in [5.41, 5.74) is -0.518. The molecule has 0 unspecified atom stereocenters. The molecule has 24 heavy (non-hydrogen) atoms. The molecule has 0 bridgehead atoms. The molecule has 0 aromatic carbocycles. The van der Waals surface area contributed by atoms with Gasteiger partial charge in [-0.2, -0.15) is 0 Å². The first kappa shape index (κ1) is 21.2. The highest BCUT2D eigenvalue weighted by Crippen LogP contribution is 2.34.